The van der Waals surface area contributed by atoms with Gasteiger partial charge < -0.3 is 10.4 Å². The highest BCUT2D eigenvalue weighted by Gasteiger charge is 2.18. The van der Waals surface area contributed by atoms with Crippen LogP contribution in [0.5, 0.6) is 0 Å². The van der Waals surface area contributed by atoms with E-state index in [0.717, 1.165) is 12.1 Å². The van der Waals surface area contributed by atoms with Gasteiger partial charge in [0.05, 0.1) is 6.42 Å². The summed E-state index contributed by atoms with van der Waals surface area (Å²) < 4.78 is 25.8. The maximum absolute atomic E-state index is 12.9. The average molecular weight is 269 g/mol. The van der Waals surface area contributed by atoms with Crippen LogP contribution in [0.3, 0.4) is 0 Å². The molecule has 6 heteroatoms. The molecule has 0 radical (unpaired) electrons. The number of hydrogen-bond acceptors (Lipinski definition) is 2. The van der Waals surface area contributed by atoms with Gasteiger partial charge in [-0.1, -0.05) is 6.08 Å². The van der Waals surface area contributed by atoms with Crippen LogP contribution in [0.15, 0.2) is 30.9 Å². The van der Waals surface area contributed by atoms with Crippen molar-refractivity contribution in [1.29, 1.82) is 0 Å². The van der Waals surface area contributed by atoms with E-state index in [1.807, 2.05) is 0 Å². The fourth-order valence-corrected chi connectivity index (χ4v) is 1.53. The average Bonchev–Trinajstić information content (AvgIpc) is 2.26. The van der Waals surface area contributed by atoms with Gasteiger partial charge in [-0.2, -0.15) is 0 Å². The van der Waals surface area contributed by atoms with E-state index >= 15 is 0 Å². The van der Waals surface area contributed by atoms with Gasteiger partial charge >= 0.3 is 5.97 Å². The van der Waals surface area contributed by atoms with Crippen molar-refractivity contribution in [2.24, 2.45) is 0 Å². The standard InChI is InChI=1S/C13H13F2NO3/c1-2-3-11(13(18)19)16-12(17)6-8-4-9(14)7-10(15)5-8/h2,4-5,7,11H,1,3,6H2,(H,16,17)(H,18,19)/t11-/m0/s1. The first-order valence-electron chi connectivity index (χ1n) is 5.50. The number of carboxylic acid groups (broad SMARTS) is 1. The Morgan fingerprint density at radius 1 is 1.32 bits per heavy atom. The minimum absolute atomic E-state index is 0.0680. The summed E-state index contributed by atoms with van der Waals surface area (Å²) in [5.41, 5.74) is 0.137. The smallest absolute Gasteiger partial charge is 0.326 e. The van der Waals surface area contributed by atoms with Gasteiger partial charge in [-0.15, -0.1) is 6.58 Å². The lowest BCUT2D eigenvalue weighted by molar-refractivity contribution is -0.141. The highest BCUT2D eigenvalue weighted by Crippen LogP contribution is 2.08. The number of carbonyl (C=O) groups is 2. The van der Waals surface area contributed by atoms with Crippen LogP contribution in [0.1, 0.15) is 12.0 Å². The molecule has 1 rings (SSSR count). The molecule has 0 aromatic heterocycles. The monoisotopic (exact) mass is 269 g/mol. The molecule has 102 valence electrons. The van der Waals surface area contributed by atoms with Crippen molar-refractivity contribution < 1.29 is 23.5 Å². The quantitative estimate of drug-likeness (QED) is 0.772. The fourth-order valence-electron chi connectivity index (χ4n) is 1.53. The third-order valence-electron chi connectivity index (χ3n) is 2.32. The lowest BCUT2D eigenvalue weighted by Crippen LogP contribution is -2.41. The third-order valence-corrected chi connectivity index (χ3v) is 2.32. The van der Waals surface area contributed by atoms with Crippen LogP contribution in [0, 0.1) is 11.6 Å². The number of nitrogens with one attached hydrogen (secondary N) is 1. The Morgan fingerprint density at radius 3 is 2.37 bits per heavy atom. The maximum Gasteiger partial charge on any atom is 0.326 e. The summed E-state index contributed by atoms with van der Waals surface area (Å²) in [6.45, 7) is 3.38. The zero-order chi connectivity index (χ0) is 14.4. The molecule has 1 aromatic rings. The van der Waals surface area contributed by atoms with Crippen molar-refractivity contribution in [2.45, 2.75) is 18.9 Å². The molecule has 0 aliphatic rings. The topological polar surface area (TPSA) is 66.4 Å². The van der Waals surface area contributed by atoms with Gasteiger partial charge in [-0.3, -0.25) is 4.79 Å². The molecular formula is C13H13F2NO3. The molecule has 0 aliphatic heterocycles. The molecule has 0 saturated carbocycles. The van der Waals surface area contributed by atoms with Gasteiger partial charge in [-0.25, -0.2) is 13.6 Å². The van der Waals surface area contributed by atoms with Crippen molar-refractivity contribution in [2.75, 3.05) is 0 Å². The van der Waals surface area contributed by atoms with Crippen LogP contribution < -0.4 is 5.32 Å². The maximum atomic E-state index is 12.9. The number of hydrogen-bond donors (Lipinski definition) is 2. The Hall–Kier alpha value is -2.24. The second-order valence-electron chi connectivity index (χ2n) is 3.94. The van der Waals surface area contributed by atoms with Crippen LogP contribution in [0.25, 0.3) is 0 Å². The van der Waals surface area contributed by atoms with E-state index in [-0.39, 0.29) is 18.4 Å². The molecule has 0 saturated heterocycles. The van der Waals surface area contributed by atoms with Crippen molar-refractivity contribution in [3.8, 4) is 0 Å². The number of benzene rings is 1. The normalized spacial score (nSPS) is 11.7. The summed E-state index contributed by atoms with van der Waals surface area (Å²) in [7, 11) is 0. The predicted molar refractivity (Wildman–Crippen MR) is 64.4 cm³/mol. The van der Waals surface area contributed by atoms with Gasteiger partial charge in [0.15, 0.2) is 0 Å². The molecule has 1 amide bonds. The SMILES string of the molecule is C=CC[C@H](NC(=O)Cc1cc(F)cc(F)c1)C(=O)O. The molecule has 0 spiro atoms. The van der Waals surface area contributed by atoms with Gasteiger partial charge in [0.1, 0.15) is 17.7 Å². The molecule has 19 heavy (non-hydrogen) atoms. The van der Waals surface area contributed by atoms with Gasteiger partial charge in [0.2, 0.25) is 5.91 Å². The van der Waals surface area contributed by atoms with Crippen molar-refractivity contribution in [1.82, 2.24) is 5.32 Å². The fraction of sp³-hybridized carbons (Fsp3) is 0.231. The van der Waals surface area contributed by atoms with E-state index < -0.39 is 29.6 Å². The Bertz CT molecular complexity index is 482. The highest BCUT2D eigenvalue weighted by atomic mass is 19.1. The predicted octanol–water partition coefficient (Wildman–Crippen LogP) is 1.65. The Labute approximate surface area is 108 Å². The Kier molecular flexibility index (Phi) is 5.17. The zero-order valence-corrected chi connectivity index (χ0v) is 10.0. The van der Waals surface area contributed by atoms with Crippen LogP contribution in [0.4, 0.5) is 8.78 Å². The summed E-state index contributed by atoms with van der Waals surface area (Å²) in [5.74, 6) is -3.40. The number of carbonyl (C=O) groups excluding carboxylic acids is 1. The molecule has 1 atom stereocenters. The van der Waals surface area contributed by atoms with Crippen molar-refractivity contribution in [3.05, 3.63) is 48.1 Å². The molecule has 0 aliphatic carbocycles. The number of halogens is 2. The summed E-state index contributed by atoms with van der Waals surface area (Å²) in [4.78, 5) is 22.4. The first-order chi connectivity index (χ1) is 8.92. The van der Waals surface area contributed by atoms with Gasteiger partial charge in [0, 0.05) is 6.07 Å². The largest absolute Gasteiger partial charge is 0.480 e. The van der Waals surface area contributed by atoms with Crippen molar-refractivity contribution in [3.63, 3.8) is 0 Å². The summed E-state index contributed by atoms with van der Waals surface area (Å²) in [5, 5.41) is 11.1. The highest BCUT2D eigenvalue weighted by molar-refractivity contribution is 5.84. The first-order valence-corrected chi connectivity index (χ1v) is 5.50. The van der Waals surface area contributed by atoms with E-state index in [1.165, 1.54) is 6.08 Å². The van der Waals surface area contributed by atoms with Gasteiger partial charge in [-0.05, 0) is 24.1 Å². The second kappa shape index (κ2) is 6.63. The minimum atomic E-state index is -1.20. The lowest BCUT2D eigenvalue weighted by atomic mass is 10.1. The second-order valence-corrected chi connectivity index (χ2v) is 3.94. The summed E-state index contributed by atoms with van der Waals surface area (Å²) >= 11 is 0. The van der Waals surface area contributed by atoms with Gasteiger partial charge in [0.25, 0.3) is 0 Å². The molecule has 2 N–H and O–H groups in total. The molecule has 0 unspecified atom stereocenters. The summed E-state index contributed by atoms with van der Waals surface area (Å²) in [6, 6.07) is 1.64. The molecule has 0 fully saturated rings. The van der Waals surface area contributed by atoms with E-state index in [4.69, 9.17) is 5.11 Å². The van der Waals surface area contributed by atoms with E-state index in [0.29, 0.717) is 6.07 Å². The number of rotatable bonds is 6. The van der Waals surface area contributed by atoms with E-state index in [9.17, 15) is 18.4 Å². The van der Waals surface area contributed by atoms with Crippen molar-refractivity contribution >= 4 is 11.9 Å². The van der Waals surface area contributed by atoms with Crippen LogP contribution in [-0.2, 0) is 16.0 Å². The number of aliphatic carboxylic acids is 1. The third kappa shape index (κ3) is 4.87. The van der Waals surface area contributed by atoms with Crippen LogP contribution in [-0.4, -0.2) is 23.0 Å². The number of amides is 1. The molecule has 1 aromatic carbocycles. The van der Waals surface area contributed by atoms with Crippen LogP contribution >= 0.6 is 0 Å². The summed E-state index contributed by atoms with van der Waals surface area (Å²) in [6.07, 6.45) is 1.13. The molecule has 0 bridgehead atoms. The van der Waals surface area contributed by atoms with E-state index in [1.54, 1.807) is 0 Å². The number of carboxylic acids is 1. The molecular weight excluding hydrogens is 256 g/mol. The molecule has 4 nitrogen and oxygen atoms in total. The van der Waals surface area contributed by atoms with E-state index in [2.05, 4.69) is 11.9 Å². The first kappa shape index (κ1) is 14.8. The Balaban J connectivity index is 2.68. The zero-order valence-electron chi connectivity index (χ0n) is 10.0. The lowest BCUT2D eigenvalue weighted by Gasteiger charge is -2.12. The Morgan fingerprint density at radius 2 is 1.89 bits per heavy atom. The minimum Gasteiger partial charge on any atom is -0.480 e. The molecule has 0 heterocycles. The van der Waals surface area contributed by atoms with Crippen LogP contribution in [0.2, 0.25) is 0 Å².